The lowest BCUT2D eigenvalue weighted by Gasteiger charge is -2.21. The first-order valence-electron chi connectivity index (χ1n) is 21.8. The Labute approximate surface area is 373 Å². The van der Waals surface area contributed by atoms with Crippen LogP contribution in [0.1, 0.15) is 51.3 Å². The van der Waals surface area contributed by atoms with Crippen molar-refractivity contribution < 1.29 is 8.83 Å². The van der Waals surface area contributed by atoms with Crippen LogP contribution in [0.5, 0.6) is 0 Å². The van der Waals surface area contributed by atoms with E-state index < -0.39 is 0 Å². The van der Waals surface area contributed by atoms with Crippen molar-refractivity contribution in [3.63, 3.8) is 0 Å². The standard InChI is InChI=1S/C59H42O4S/c1-58(2,3)38-20-21-39-36(28-38)19-24-52-47(39)32-49(57(61)62-52)54-26-25-53(64-54)37-18-23-51-46(30-37)45-29-34(17-22-50(45)59(51,4)5)33-11-10-12-35(27-33)44-31-48-42-15-7-6-13-40(42)41-14-8-9-16-43(41)55(48)63-56(44)60/h6-32H,1-5H3. The third kappa shape index (κ3) is 5.88. The van der Waals surface area contributed by atoms with E-state index in [-0.39, 0.29) is 22.1 Å². The molecule has 0 N–H and O–H groups in total. The van der Waals surface area contributed by atoms with Gasteiger partial charge in [-0.2, -0.15) is 0 Å². The largest absolute Gasteiger partial charge is 0.422 e. The van der Waals surface area contributed by atoms with Crippen molar-refractivity contribution in [1.29, 1.82) is 0 Å². The summed E-state index contributed by atoms with van der Waals surface area (Å²) in [6, 6.07) is 56.9. The summed E-state index contributed by atoms with van der Waals surface area (Å²) in [5.74, 6) is 0. The van der Waals surface area contributed by atoms with Crippen LogP contribution < -0.4 is 11.3 Å². The summed E-state index contributed by atoms with van der Waals surface area (Å²) in [7, 11) is 0. The van der Waals surface area contributed by atoms with Crippen molar-refractivity contribution in [2.45, 2.75) is 45.4 Å². The first-order chi connectivity index (χ1) is 30.9. The van der Waals surface area contributed by atoms with Gasteiger partial charge in [0.1, 0.15) is 11.2 Å². The van der Waals surface area contributed by atoms with Gasteiger partial charge in [-0.1, -0.05) is 150 Å². The molecular weight excluding hydrogens is 805 g/mol. The third-order valence-corrected chi connectivity index (χ3v) is 14.7. The molecule has 0 saturated carbocycles. The van der Waals surface area contributed by atoms with Crippen LogP contribution >= 0.6 is 11.3 Å². The Morgan fingerprint density at radius 1 is 0.438 bits per heavy atom. The van der Waals surface area contributed by atoms with Crippen molar-refractivity contribution in [2.75, 3.05) is 0 Å². The number of rotatable bonds is 4. The van der Waals surface area contributed by atoms with Crippen LogP contribution in [-0.4, -0.2) is 0 Å². The lowest BCUT2D eigenvalue weighted by molar-refractivity contribution is 0.564. The van der Waals surface area contributed by atoms with E-state index in [1.807, 2.05) is 66.7 Å². The molecule has 308 valence electrons. The SMILES string of the molecule is CC(C)(C)c1ccc2c(ccc3oc(=O)c(-c4ccc(-c5ccc6c(c5)-c5cc(-c7cccc(-c8cc9c%10ccccc%10c%10ccccc%10c9oc8=O)c7)ccc5C6(C)C)s4)cc32)c1. The van der Waals surface area contributed by atoms with Gasteiger partial charge in [-0.05, 0) is 131 Å². The summed E-state index contributed by atoms with van der Waals surface area (Å²) in [5, 5.41) is 8.23. The molecule has 0 bridgehead atoms. The van der Waals surface area contributed by atoms with Gasteiger partial charge < -0.3 is 8.83 Å². The average molecular weight is 847 g/mol. The molecule has 3 heterocycles. The van der Waals surface area contributed by atoms with Crippen molar-refractivity contribution in [3.05, 3.63) is 201 Å². The van der Waals surface area contributed by atoms with Crippen LogP contribution in [0.2, 0.25) is 0 Å². The van der Waals surface area contributed by atoms with E-state index in [0.717, 1.165) is 75.1 Å². The van der Waals surface area contributed by atoms with E-state index >= 15 is 0 Å². The van der Waals surface area contributed by atoms with Gasteiger partial charge in [0.15, 0.2) is 0 Å². The molecule has 5 heteroatoms. The Hall–Kier alpha value is -7.34. The lowest BCUT2D eigenvalue weighted by atomic mass is 9.82. The first kappa shape index (κ1) is 38.3. The van der Waals surface area contributed by atoms with Gasteiger partial charge in [0.25, 0.3) is 0 Å². The van der Waals surface area contributed by atoms with Crippen LogP contribution in [0.15, 0.2) is 182 Å². The second-order valence-electron chi connectivity index (χ2n) is 18.8. The highest BCUT2D eigenvalue weighted by atomic mass is 32.1. The van der Waals surface area contributed by atoms with E-state index in [9.17, 15) is 9.59 Å². The maximum absolute atomic E-state index is 13.8. The first-order valence-corrected chi connectivity index (χ1v) is 22.6. The molecule has 12 rings (SSSR count). The van der Waals surface area contributed by atoms with Crippen LogP contribution in [0.3, 0.4) is 0 Å². The van der Waals surface area contributed by atoms with Crippen LogP contribution in [0.25, 0.3) is 109 Å². The van der Waals surface area contributed by atoms with Crippen LogP contribution in [0, 0.1) is 0 Å². The molecule has 3 aromatic heterocycles. The molecule has 0 saturated heterocycles. The Morgan fingerprint density at radius 3 is 1.80 bits per heavy atom. The van der Waals surface area contributed by atoms with Crippen molar-refractivity contribution in [3.8, 4) is 54.3 Å². The molecule has 0 spiro atoms. The minimum absolute atomic E-state index is 0.0296. The Balaban J connectivity index is 0.913. The highest BCUT2D eigenvalue weighted by Crippen LogP contribution is 2.51. The van der Waals surface area contributed by atoms with Crippen molar-refractivity contribution in [2.24, 2.45) is 0 Å². The summed E-state index contributed by atoms with van der Waals surface area (Å²) in [5.41, 5.74) is 11.7. The fourth-order valence-corrected chi connectivity index (χ4v) is 11.1. The molecule has 64 heavy (non-hydrogen) atoms. The van der Waals surface area contributed by atoms with E-state index in [2.05, 4.69) is 132 Å². The predicted octanol–water partition coefficient (Wildman–Crippen LogP) is 15.7. The zero-order valence-electron chi connectivity index (χ0n) is 36.1. The molecule has 11 aromatic rings. The summed E-state index contributed by atoms with van der Waals surface area (Å²) >= 11 is 1.61. The second kappa shape index (κ2) is 13.8. The molecule has 1 aliphatic carbocycles. The van der Waals surface area contributed by atoms with Gasteiger partial charge in [0.2, 0.25) is 0 Å². The predicted molar refractivity (Wildman–Crippen MR) is 267 cm³/mol. The number of hydrogen-bond acceptors (Lipinski definition) is 5. The molecule has 4 nitrogen and oxygen atoms in total. The summed E-state index contributed by atoms with van der Waals surface area (Å²) < 4.78 is 12.1. The highest BCUT2D eigenvalue weighted by Gasteiger charge is 2.36. The molecule has 1 aliphatic rings. The van der Waals surface area contributed by atoms with Gasteiger partial charge in [-0.15, -0.1) is 11.3 Å². The Kier molecular flexibility index (Phi) is 8.29. The van der Waals surface area contributed by atoms with Gasteiger partial charge in [0, 0.05) is 31.3 Å². The second-order valence-corrected chi connectivity index (χ2v) is 19.9. The van der Waals surface area contributed by atoms with Gasteiger partial charge in [-0.25, -0.2) is 9.59 Å². The van der Waals surface area contributed by atoms with Crippen LogP contribution in [0.4, 0.5) is 0 Å². The van der Waals surface area contributed by atoms with E-state index in [1.54, 1.807) is 11.3 Å². The van der Waals surface area contributed by atoms with Crippen molar-refractivity contribution >= 4 is 65.6 Å². The fourth-order valence-electron chi connectivity index (χ4n) is 10.1. The number of hydrogen-bond donors (Lipinski definition) is 0. The molecule has 8 aromatic carbocycles. The zero-order valence-corrected chi connectivity index (χ0v) is 36.9. The lowest BCUT2D eigenvalue weighted by Crippen LogP contribution is -2.14. The van der Waals surface area contributed by atoms with Gasteiger partial charge >= 0.3 is 11.3 Å². The topological polar surface area (TPSA) is 60.4 Å². The molecular formula is C59H42O4S. The Morgan fingerprint density at radius 2 is 1.05 bits per heavy atom. The van der Waals surface area contributed by atoms with Crippen molar-refractivity contribution in [1.82, 2.24) is 0 Å². The summed E-state index contributed by atoms with van der Waals surface area (Å²) in [4.78, 5) is 29.3. The van der Waals surface area contributed by atoms with E-state index in [1.165, 1.54) is 27.8 Å². The third-order valence-electron chi connectivity index (χ3n) is 13.6. The fraction of sp³-hybridized carbons (Fsp3) is 0.119. The molecule has 0 amide bonds. The smallest absolute Gasteiger partial charge is 0.345 e. The van der Waals surface area contributed by atoms with Crippen LogP contribution in [-0.2, 0) is 10.8 Å². The number of thiophene rings is 1. The summed E-state index contributed by atoms with van der Waals surface area (Å²) in [6.07, 6.45) is 0. The quantitative estimate of drug-likeness (QED) is 0.131. The molecule has 0 unspecified atom stereocenters. The highest BCUT2D eigenvalue weighted by molar-refractivity contribution is 7.18. The molecule has 0 radical (unpaired) electrons. The minimum atomic E-state index is -0.358. The van der Waals surface area contributed by atoms with Gasteiger partial charge in [0.05, 0.1) is 11.1 Å². The molecule has 0 aliphatic heterocycles. The minimum Gasteiger partial charge on any atom is -0.422 e. The normalized spacial score (nSPS) is 13.3. The average Bonchev–Trinajstić information content (AvgIpc) is 3.88. The molecule has 0 atom stereocenters. The van der Waals surface area contributed by atoms with Gasteiger partial charge in [-0.3, -0.25) is 0 Å². The Bertz CT molecular complexity index is 3910. The number of benzene rings is 8. The summed E-state index contributed by atoms with van der Waals surface area (Å²) in [6.45, 7) is 11.2. The van der Waals surface area contributed by atoms with E-state index in [4.69, 9.17) is 8.83 Å². The van der Waals surface area contributed by atoms with E-state index in [0.29, 0.717) is 22.3 Å². The number of fused-ring (bicyclic) bond motifs is 12. The zero-order chi connectivity index (χ0) is 43.6. The maximum Gasteiger partial charge on any atom is 0.345 e. The molecule has 0 fully saturated rings. The maximum atomic E-state index is 13.8. The monoisotopic (exact) mass is 846 g/mol.